The summed E-state index contributed by atoms with van der Waals surface area (Å²) in [4.78, 5) is 0. The van der Waals surface area contributed by atoms with E-state index in [0.29, 0.717) is 5.75 Å². The minimum Gasteiger partial charge on any atom is -0.457 e. The van der Waals surface area contributed by atoms with Crippen LogP contribution in [0.15, 0.2) is 40.9 Å². The van der Waals surface area contributed by atoms with Crippen LogP contribution in [-0.4, -0.2) is 6.54 Å². The maximum Gasteiger partial charge on any atom is 0.162 e. The average Bonchev–Trinajstić information content (AvgIpc) is 2.45. The normalized spacial score (nSPS) is 12.2. The van der Waals surface area contributed by atoms with Crippen molar-refractivity contribution in [3.05, 3.63) is 58.1 Å². The summed E-state index contributed by atoms with van der Waals surface area (Å²) in [5.74, 6) is -0.941. The van der Waals surface area contributed by atoms with E-state index in [-0.39, 0.29) is 11.8 Å². The third-order valence-corrected chi connectivity index (χ3v) is 3.56. The smallest absolute Gasteiger partial charge is 0.162 e. The second-order valence-corrected chi connectivity index (χ2v) is 5.56. The lowest BCUT2D eigenvalue weighted by Gasteiger charge is -2.18. The van der Waals surface area contributed by atoms with Crippen molar-refractivity contribution in [2.45, 2.75) is 19.9 Å². The van der Waals surface area contributed by atoms with Gasteiger partial charge in [0.2, 0.25) is 0 Å². The van der Waals surface area contributed by atoms with E-state index >= 15 is 0 Å². The van der Waals surface area contributed by atoms with Crippen molar-refractivity contribution in [2.75, 3.05) is 6.54 Å². The predicted molar refractivity (Wildman–Crippen MR) is 82.7 cm³/mol. The number of rotatable bonds is 5. The molecule has 2 nitrogen and oxygen atoms in total. The van der Waals surface area contributed by atoms with Crippen LogP contribution in [0.5, 0.6) is 11.5 Å². The number of ether oxygens (including phenoxy) is 1. The zero-order chi connectivity index (χ0) is 15.4. The molecule has 0 saturated heterocycles. The molecule has 0 aliphatic carbocycles. The van der Waals surface area contributed by atoms with Crippen LogP contribution in [0.25, 0.3) is 0 Å². The lowest BCUT2D eigenvalue weighted by Crippen LogP contribution is -2.18. The lowest BCUT2D eigenvalue weighted by molar-refractivity contribution is 0.449. The van der Waals surface area contributed by atoms with Crippen LogP contribution < -0.4 is 10.1 Å². The zero-order valence-electron chi connectivity index (χ0n) is 11.8. The molecule has 0 aromatic heterocycles. The van der Waals surface area contributed by atoms with Gasteiger partial charge in [-0.15, -0.1) is 0 Å². The first-order valence-electron chi connectivity index (χ1n) is 6.67. The Labute approximate surface area is 131 Å². The Morgan fingerprint density at radius 2 is 1.90 bits per heavy atom. The summed E-state index contributed by atoms with van der Waals surface area (Å²) >= 11 is 3.43. The Morgan fingerprint density at radius 3 is 2.57 bits per heavy atom. The minimum atomic E-state index is -0.925. The molecule has 2 aromatic rings. The Kier molecular flexibility index (Phi) is 5.31. The molecule has 112 valence electrons. The fraction of sp³-hybridized carbons (Fsp3) is 0.250. The summed E-state index contributed by atoms with van der Waals surface area (Å²) < 4.78 is 32.8. The first kappa shape index (κ1) is 15.9. The van der Waals surface area contributed by atoms with Gasteiger partial charge < -0.3 is 10.1 Å². The number of nitrogens with one attached hydrogen (secondary N) is 1. The van der Waals surface area contributed by atoms with Crippen molar-refractivity contribution in [1.82, 2.24) is 5.32 Å². The molecule has 1 unspecified atom stereocenters. The van der Waals surface area contributed by atoms with Crippen LogP contribution >= 0.6 is 15.9 Å². The highest BCUT2D eigenvalue weighted by Gasteiger charge is 2.13. The van der Waals surface area contributed by atoms with E-state index in [1.54, 1.807) is 6.07 Å². The molecule has 21 heavy (non-hydrogen) atoms. The first-order valence-corrected chi connectivity index (χ1v) is 7.46. The Morgan fingerprint density at radius 1 is 1.14 bits per heavy atom. The van der Waals surface area contributed by atoms with Crippen LogP contribution in [0.1, 0.15) is 25.5 Å². The SMILES string of the molecule is CCNC(C)c1cc(Br)ccc1Oc1ccc(F)c(F)c1. The van der Waals surface area contributed by atoms with Gasteiger partial charge in [0.1, 0.15) is 11.5 Å². The van der Waals surface area contributed by atoms with Gasteiger partial charge in [0.05, 0.1) is 0 Å². The van der Waals surface area contributed by atoms with Crippen LogP contribution in [0, 0.1) is 11.6 Å². The van der Waals surface area contributed by atoms with E-state index < -0.39 is 11.6 Å². The highest BCUT2D eigenvalue weighted by Crippen LogP contribution is 2.32. The fourth-order valence-electron chi connectivity index (χ4n) is 2.03. The molecule has 0 aliphatic rings. The van der Waals surface area contributed by atoms with Crippen molar-refractivity contribution >= 4 is 15.9 Å². The summed E-state index contributed by atoms with van der Waals surface area (Å²) in [6.07, 6.45) is 0. The second kappa shape index (κ2) is 7.00. The minimum absolute atomic E-state index is 0.0767. The molecule has 1 N–H and O–H groups in total. The van der Waals surface area contributed by atoms with E-state index in [9.17, 15) is 8.78 Å². The third-order valence-electron chi connectivity index (χ3n) is 3.07. The Balaban J connectivity index is 2.32. The average molecular weight is 356 g/mol. The summed E-state index contributed by atoms with van der Waals surface area (Å²) in [7, 11) is 0. The van der Waals surface area contributed by atoms with Gasteiger partial charge >= 0.3 is 0 Å². The monoisotopic (exact) mass is 355 g/mol. The Hall–Kier alpha value is -1.46. The number of hydrogen-bond donors (Lipinski definition) is 1. The van der Waals surface area contributed by atoms with Gasteiger partial charge in [-0.3, -0.25) is 0 Å². The molecular weight excluding hydrogens is 340 g/mol. The van der Waals surface area contributed by atoms with Crippen molar-refractivity contribution in [3.8, 4) is 11.5 Å². The van der Waals surface area contributed by atoms with Crippen molar-refractivity contribution in [1.29, 1.82) is 0 Å². The third kappa shape index (κ3) is 4.02. The van der Waals surface area contributed by atoms with E-state index in [1.807, 2.05) is 26.0 Å². The van der Waals surface area contributed by atoms with E-state index in [0.717, 1.165) is 28.7 Å². The highest BCUT2D eigenvalue weighted by molar-refractivity contribution is 9.10. The molecular formula is C16H16BrF2NO. The summed E-state index contributed by atoms with van der Waals surface area (Å²) in [6.45, 7) is 4.85. The van der Waals surface area contributed by atoms with Crippen LogP contribution in [0.2, 0.25) is 0 Å². The van der Waals surface area contributed by atoms with Crippen LogP contribution in [0.3, 0.4) is 0 Å². The molecule has 5 heteroatoms. The van der Waals surface area contributed by atoms with Gasteiger partial charge in [-0.1, -0.05) is 22.9 Å². The summed E-state index contributed by atoms with van der Waals surface area (Å²) in [5.41, 5.74) is 0.941. The van der Waals surface area contributed by atoms with E-state index in [1.165, 1.54) is 6.07 Å². The van der Waals surface area contributed by atoms with Gasteiger partial charge in [0.25, 0.3) is 0 Å². The standard InChI is InChI=1S/C16H16BrF2NO/c1-3-20-10(2)13-8-11(17)4-7-16(13)21-12-5-6-14(18)15(19)9-12/h4-10,20H,3H2,1-2H3. The predicted octanol–water partition coefficient (Wildman–Crippen LogP) is 5.19. The molecule has 0 heterocycles. The quantitative estimate of drug-likeness (QED) is 0.796. The van der Waals surface area contributed by atoms with Crippen molar-refractivity contribution < 1.29 is 13.5 Å². The highest BCUT2D eigenvalue weighted by atomic mass is 79.9. The molecule has 0 radical (unpaired) electrons. The van der Waals surface area contributed by atoms with E-state index in [4.69, 9.17) is 4.74 Å². The maximum absolute atomic E-state index is 13.3. The molecule has 0 saturated carbocycles. The van der Waals surface area contributed by atoms with Crippen molar-refractivity contribution in [3.63, 3.8) is 0 Å². The lowest BCUT2D eigenvalue weighted by atomic mass is 10.1. The number of benzene rings is 2. The van der Waals surface area contributed by atoms with Gasteiger partial charge in [-0.05, 0) is 43.8 Å². The molecule has 0 spiro atoms. The largest absolute Gasteiger partial charge is 0.457 e. The van der Waals surface area contributed by atoms with Crippen molar-refractivity contribution in [2.24, 2.45) is 0 Å². The molecule has 0 amide bonds. The van der Waals surface area contributed by atoms with E-state index in [2.05, 4.69) is 21.2 Å². The summed E-state index contributed by atoms with van der Waals surface area (Å²) in [5, 5.41) is 3.30. The van der Waals surface area contributed by atoms with Crippen LogP contribution in [-0.2, 0) is 0 Å². The zero-order valence-corrected chi connectivity index (χ0v) is 13.4. The molecule has 2 rings (SSSR count). The molecule has 0 bridgehead atoms. The molecule has 0 fully saturated rings. The van der Waals surface area contributed by atoms with Gasteiger partial charge in [0.15, 0.2) is 11.6 Å². The van der Waals surface area contributed by atoms with Gasteiger partial charge in [-0.2, -0.15) is 0 Å². The summed E-state index contributed by atoms with van der Waals surface area (Å²) in [6, 6.07) is 9.17. The maximum atomic E-state index is 13.3. The molecule has 0 aliphatic heterocycles. The first-order chi connectivity index (χ1) is 10.0. The molecule has 1 atom stereocenters. The second-order valence-electron chi connectivity index (χ2n) is 4.64. The number of hydrogen-bond acceptors (Lipinski definition) is 2. The fourth-order valence-corrected chi connectivity index (χ4v) is 2.41. The number of halogens is 3. The van der Waals surface area contributed by atoms with Gasteiger partial charge in [0, 0.05) is 22.1 Å². The molecule has 2 aromatic carbocycles. The van der Waals surface area contributed by atoms with Crippen LogP contribution in [0.4, 0.5) is 8.78 Å². The van der Waals surface area contributed by atoms with Gasteiger partial charge in [-0.25, -0.2) is 8.78 Å². The Bertz CT molecular complexity index is 634. The topological polar surface area (TPSA) is 21.3 Å².